The number of anilines is 1. The lowest BCUT2D eigenvalue weighted by atomic mass is 10.0. The third-order valence-corrected chi connectivity index (χ3v) is 5.91. The molecule has 33 heavy (non-hydrogen) atoms. The Bertz CT molecular complexity index is 1260. The number of nitrogens with zero attached hydrogens (tertiary/aromatic N) is 3. The minimum atomic E-state index is 0.00775. The Morgan fingerprint density at radius 1 is 0.970 bits per heavy atom. The van der Waals surface area contributed by atoms with Crippen LogP contribution in [0.2, 0.25) is 0 Å². The van der Waals surface area contributed by atoms with Crippen LogP contribution in [0, 0.1) is 0 Å². The van der Waals surface area contributed by atoms with Gasteiger partial charge in [0.25, 0.3) is 0 Å². The number of ether oxygens (including phenoxy) is 1. The van der Waals surface area contributed by atoms with Crippen molar-refractivity contribution in [1.82, 2.24) is 14.8 Å². The molecule has 0 saturated heterocycles. The van der Waals surface area contributed by atoms with Crippen molar-refractivity contribution in [3.63, 3.8) is 0 Å². The molecule has 166 valence electrons. The number of carbonyl (C=O) groups excluding carboxylic acids is 1. The zero-order valence-electron chi connectivity index (χ0n) is 18.8. The van der Waals surface area contributed by atoms with E-state index in [0.29, 0.717) is 25.5 Å². The van der Waals surface area contributed by atoms with Gasteiger partial charge in [-0.25, -0.2) is 4.68 Å². The summed E-state index contributed by atoms with van der Waals surface area (Å²) in [6.07, 6.45) is 3.93. The first-order chi connectivity index (χ1) is 16.1. The summed E-state index contributed by atoms with van der Waals surface area (Å²) in [4.78, 5) is 16.2. The van der Waals surface area contributed by atoms with Crippen LogP contribution in [0.5, 0.6) is 5.75 Å². The number of hydrogen-bond acceptors (Lipinski definition) is 4. The van der Waals surface area contributed by atoms with Crippen LogP contribution in [0.1, 0.15) is 37.3 Å². The van der Waals surface area contributed by atoms with E-state index in [-0.39, 0.29) is 5.91 Å². The minimum absolute atomic E-state index is 0.00775. The maximum atomic E-state index is 12.1. The van der Waals surface area contributed by atoms with Crippen LogP contribution in [-0.4, -0.2) is 20.7 Å². The maximum Gasteiger partial charge on any atom is 0.227 e. The lowest BCUT2D eigenvalue weighted by Gasteiger charge is -2.16. The molecule has 3 heterocycles. The Labute approximate surface area is 193 Å². The van der Waals surface area contributed by atoms with Crippen molar-refractivity contribution in [1.29, 1.82) is 0 Å². The molecule has 6 heteroatoms. The molecule has 0 saturated carbocycles. The number of hydrogen-bond donors (Lipinski definition) is 1. The summed E-state index contributed by atoms with van der Waals surface area (Å²) in [5, 5.41) is 7.80. The summed E-state index contributed by atoms with van der Waals surface area (Å²) < 4.78 is 7.88. The van der Waals surface area contributed by atoms with Gasteiger partial charge in [0.05, 0.1) is 12.1 Å². The highest BCUT2D eigenvalue weighted by molar-refractivity contribution is 5.99. The van der Waals surface area contributed by atoms with Crippen LogP contribution in [-0.2, 0) is 17.9 Å². The molecule has 0 spiro atoms. The van der Waals surface area contributed by atoms with Crippen LogP contribution in [0.4, 0.5) is 5.82 Å². The van der Waals surface area contributed by atoms with Crippen molar-refractivity contribution in [3.05, 3.63) is 84.2 Å². The third-order valence-electron chi connectivity index (χ3n) is 5.91. The molecule has 0 unspecified atom stereocenters. The van der Waals surface area contributed by atoms with E-state index in [4.69, 9.17) is 9.84 Å². The molecule has 0 atom stereocenters. The van der Waals surface area contributed by atoms with Crippen LogP contribution in [0.25, 0.3) is 22.4 Å². The highest BCUT2D eigenvalue weighted by atomic mass is 16.5. The number of aryl methyl sites for hydroxylation is 1. The van der Waals surface area contributed by atoms with Gasteiger partial charge in [-0.05, 0) is 46.9 Å². The average Bonchev–Trinajstić information content (AvgIpc) is 3.22. The van der Waals surface area contributed by atoms with Crippen LogP contribution >= 0.6 is 0 Å². The van der Waals surface area contributed by atoms with E-state index in [1.54, 1.807) is 12.4 Å². The zero-order valence-corrected chi connectivity index (χ0v) is 18.8. The van der Waals surface area contributed by atoms with E-state index in [1.165, 1.54) is 5.56 Å². The molecule has 1 aliphatic heterocycles. The second kappa shape index (κ2) is 8.90. The van der Waals surface area contributed by atoms with Gasteiger partial charge in [0.1, 0.15) is 23.9 Å². The summed E-state index contributed by atoms with van der Waals surface area (Å²) in [6, 6.07) is 20.4. The number of pyridine rings is 1. The van der Waals surface area contributed by atoms with Crippen molar-refractivity contribution in [2.75, 3.05) is 5.32 Å². The Morgan fingerprint density at radius 2 is 1.70 bits per heavy atom. The Balaban J connectivity index is 1.41. The number of rotatable bonds is 6. The predicted molar refractivity (Wildman–Crippen MR) is 129 cm³/mol. The quantitative estimate of drug-likeness (QED) is 0.422. The summed E-state index contributed by atoms with van der Waals surface area (Å²) in [5.74, 6) is 2.05. The molecule has 0 radical (unpaired) electrons. The Hall–Kier alpha value is -3.93. The molecule has 0 fully saturated rings. The van der Waals surface area contributed by atoms with E-state index in [0.717, 1.165) is 39.5 Å². The monoisotopic (exact) mass is 438 g/mol. The predicted octanol–water partition coefficient (Wildman–Crippen LogP) is 5.66. The van der Waals surface area contributed by atoms with Gasteiger partial charge < -0.3 is 10.1 Å². The molecule has 6 nitrogen and oxygen atoms in total. The van der Waals surface area contributed by atoms with Gasteiger partial charge in [-0.3, -0.25) is 9.78 Å². The van der Waals surface area contributed by atoms with Crippen LogP contribution < -0.4 is 10.1 Å². The first kappa shape index (κ1) is 20.9. The molecule has 1 amide bonds. The SMILES string of the molecule is CC(C)c1ccc(COc2ccc(-c3c(-c4ccncc4)nn4c3NC(=O)CC4)cc2)cc1. The smallest absolute Gasteiger partial charge is 0.227 e. The van der Waals surface area contributed by atoms with Crippen molar-refractivity contribution in [3.8, 4) is 28.1 Å². The van der Waals surface area contributed by atoms with Gasteiger partial charge in [-0.15, -0.1) is 0 Å². The fourth-order valence-corrected chi connectivity index (χ4v) is 4.02. The molecule has 1 aliphatic rings. The van der Waals surface area contributed by atoms with Crippen molar-refractivity contribution in [2.45, 2.75) is 39.3 Å². The number of nitrogens with one attached hydrogen (secondary N) is 1. The average molecular weight is 439 g/mol. The van der Waals surface area contributed by atoms with Crippen molar-refractivity contribution < 1.29 is 9.53 Å². The normalized spacial score (nSPS) is 13.0. The molecule has 2 aromatic heterocycles. The molecule has 1 N–H and O–H groups in total. The lowest BCUT2D eigenvalue weighted by Crippen LogP contribution is -2.23. The maximum absolute atomic E-state index is 12.1. The number of carbonyl (C=O) groups is 1. The fourth-order valence-electron chi connectivity index (χ4n) is 4.02. The minimum Gasteiger partial charge on any atom is -0.489 e. The van der Waals surface area contributed by atoms with Crippen molar-refractivity contribution >= 4 is 11.7 Å². The van der Waals surface area contributed by atoms with Gasteiger partial charge in [-0.1, -0.05) is 50.2 Å². The lowest BCUT2D eigenvalue weighted by molar-refractivity contribution is -0.116. The highest BCUT2D eigenvalue weighted by Gasteiger charge is 2.25. The van der Waals surface area contributed by atoms with Crippen LogP contribution in [0.3, 0.4) is 0 Å². The van der Waals surface area contributed by atoms with E-state index in [2.05, 4.69) is 48.4 Å². The summed E-state index contributed by atoms with van der Waals surface area (Å²) in [6.45, 7) is 5.46. The largest absolute Gasteiger partial charge is 0.489 e. The van der Waals surface area contributed by atoms with Gasteiger partial charge in [0.2, 0.25) is 5.91 Å². The number of fused-ring (bicyclic) bond motifs is 1. The van der Waals surface area contributed by atoms with Gasteiger partial charge in [0, 0.05) is 24.4 Å². The summed E-state index contributed by atoms with van der Waals surface area (Å²) in [7, 11) is 0. The zero-order chi connectivity index (χ0) is 22.8. The van der Waals surface area contributed by atoms with Gasteiger partial charge >= 0.3 is 0 Å². The number of amides is 1. The molecule has 0 aliphatic carbocycles. The fraction of sp³-hybridized carbons (Fsp3) is 0.222. The molecule has 0 bridgehead atoms. The molecular formula is C27H26N4O2. The van der Waals surface area contributed by atoms with E-state index in [9.17, 15) is 4.79 Å². The Morgan fingerprint density at radius 3 is 2.39 bits per heavy atom. The highest BCUT2D eigenvalue weighted by Crippen LogP contribution is 2.39. The van der Waals surface area contributed by atoms with Gasteiger partial charge in [-0.2, -0.15) is 5.10 Å². The molecule has 2 aromatic carbocycles. The summed E-state index contributed by atoms with van der Waals surface area (Å²) >= 11 is 0. The molecule has 4 aromatic rings. The third kappa shape index (κ3) is 4.37. The van der Waals surface area contributed by atoms with E-state index < -0.39 is 0 Å². The molecular weight excluding hydrogens is 412 g/mol. The first-order valence-electron chi connectivity index (χ1n) is 11.2. The second-order valence-electron chi connectivity index (χ2n) is 8.54. The summed E-state index contributed by atoms with van der Waals surface area (Å²) in [5.41, 5.74) is 6.13. The van der Waals surface area contributed by atoms with E-state index in [1.807, 2.05) is 41.1 Å². The topological polar surface area (TPSA) is 69.0 Å². The van der Waals surface area contributed by atoms with E-state index >= 15 is 0 Å². The van der Waals surface area contributed by atoms with Gasteiger partial charge in [0.15, 0.2) is 0 Å². The van der Waals surface area contributed by atoms with Crippen LogP contribution in [0.15, 0.2) is 73.1 Å². The number of aromatic nitrogens is 3. The standard InChI is InChI=1S/C27H26N4O2/c1-18(2)20-5-3-19(4-6-20)17-33-23-9-7-21(8-10-23)25-26(22-11-14-28-15-12-22)30-31-16-13-24(32)29-27(25)31/h3-12,14-15,18H,13,16-17H2,1-2H3,(H,29,32). The molecule has 5 rings (SSSR count). The number of benzene rings is 2. The Kier molecular flexibility index (Phi) is 5.65. The van der Waals surface area contributed by atoms with Crippen molar-refractivity contribution in [2.24, 2.45) is 0 Å². The second-order valence-corrected chi connectivity index (χ2v) is 8.54. The first-order valence-corrected chi connectivity index (χ1v) is 11.2.